The minimum Gasteiger partial charge on any atom is -0.497 e. The molecule has 10 nitrogen and oxygen atoms in total. The minimum atomic E-state index is -0.212. The van der Waals surface area contributed by atoms with Crippen LogP contribution in [-0.2, 0) is 24.5 Å². The van der Waals surface area contributed by atoms with E-state index in [0.717, 1.165) is 17.1 Å². The molecule has 198 valence electrons. The molecule has 0 aliphatic rings. The van der Waals surface area contributed by atoms with E-state index < -0.39 is 0 Å². The van der Waals surface area contributed by atoms with Gasteiger partial charge in [0.2, 0.25) is 11.7 Å². The number of ether oxygens (including phenoxy) is 5. The van der Waals surface area contributed by atoms with Crippen molar-refractivity contribution in [1.29, 1.82) is 0 Å². The number of amides is 1. The molecule has 0 spiro atoms. The molecular formula is C28H30N4O6. The van der Waals surface area contributed by atoms with Crippen molar-refractivity contribution in [3.05, 3.63) is 84.2 Å². The fourth-order valence-corrected chi connectivity index (χ4v) is 3.84. The van der Waals surface area contributed by atoms with Gasteiger partial charge in [0, 0.05) is 12.1 Å². The molecule has 0 aliphatic carbocycles. The van der Waals surface area contributed by atoms with Crippen molar-refractivity contribution in [3.63, 3.8) is 0 Å². The Labute approximate surface area is 221 Å². The molecule has 1 amide bonds. The van der Waals surface area contributed by atoms with E-state index in [1.807, 2.05) is 54.6 Å². The quantitative estimate of drug-likeness (QED) is 0.276. The van der Waals surface area contributed by atoms with Crippen molar-refractivity contribution in [2.24, 2.45) is 0 Å². The van der Waals surface area contributed by atoms with Crippen LogP contribution in [0.3, 0.4) is 0 Å². The third kappa shape index (κ3) is 6.33. The standard InChI is InChI=1S/C28H30N4O6/c1-34-23-12-10-20(11-13-23)16-32(22-14-25(35-2)28(37-4)26(15-22)36-3)27(33)18-31-17-21(29-30-31)19-38-24-8-6-5-7-9-24/h5-15,17H,16,18-19H2,1-4H3. The maximum absolute atomic E-state index is 13.7. The maximum atomic E-state index is 13.7. The van der Waals surface area contributed by atoms with Crippen molar-refractivity contribution in [2.45, 2.75) is 19.7 Å². The van der Waals surface area contributed by atoms with Gasteiger partial charge >= 0.3 is 0 Å². The van der Waals surface area contributed by atoms with Gasteiger partial charge in [0.05, 0.1) is 46.9 Å². The molecular weight excluding hydrogens is 488 g/mol. The molecule has 0 unspecified atom stereocenters. The average molecular weight is 519 g/mol. The average Bonchev–Trinajstić information content (AvgIpc) is 3.41. The Bertz CT molecular complexity index is 1320. The largest absolute Gasteiger partial charge is 0.497 e. The molecule has 0 fully saturated rings. The summed E-state index contributed by atoms with van der Waals surface area (Å²) in [6.07, 6.45) is 1.70. The molecule has 0 N–H and O–H groups in total. The third-order valence-electron chi connectivity index (χ3n) is 5.78. The molecule has 0 saturated heterocycles. The summed E-state index contributed by atoms with van der Waals surface area (Å²) >= 11 is 0. The second kappa shape index (κ2) is 12.5. The summed E-state index contributed by atoms with van der Waals surface area (Å²) in [7, 11) is 6.21. The van der Waals surface area contributed by atoms with Crippen molar-refractivity contribution in [3.8, 4) is 28.7 Å². The molecule has 0 atom stereocenters. The topological polar surface area (TPSA) is 97.2 Å². The summed E-state index contributed by atoms with van der Waals surface area (Å²) in [4.78, 5) is 15.3. The predicted molar refractivity (Wildman–Crippen MR) is 141 cm³/mol. The normalized spacial score (nSPS) is 10.5. The van der Waals surface area contributed by atoms with E-state index in [0.29, 0.717) is 35.2 Å². The van der Waals surface area contributed by atoms with Crippen LogP contribution >= 0.6 is 0 Å². The molecule has 1 aromatic heterocycles. The zero-order chi connectivity index (χ0) is 26.9. The van der Waals surface area contributed by atoms with E-state index in [1.165, 1.54) is 26.0 Å². The summed E-state index contributed by atoms with van der Waals surface area (Å²) in [6, 6.07) is 20.4. The third-order valence-corrected chi connectivity index (χ3v) is 5.78. The molecule has 0 saturated carbocycles. The molecule has 0 bridgehead atoms. The van der Waals surface area contributed by atoms with Gasteiger partial charge in [0.15, 0.2) is 11.5 Å². The monoisotopic (exact) mass is 518 g/mol. The number of nitrogens with zero attached hydrogens (tertiary/aromatic N) is 4. The van der Waals surface area contributed by atoms with E-state index in [9.17, 15) is 4.79 Å². The fraction of sp³-hybridized carbons (Fsp3) is 0.250. The summed E-state index contributed by atoms with van der Waals surface area (Å²) in [6.45, 7) is 0.492. The van der Waals surface area contributed by atoms with Gasteiger partial charge in [0.1, 0.15) is 30.3 Å². The van der Waals surface area contributed by atoms with E-state index in [4.69, 9.17) is 23.7 Å². The molecule has 0 aliphatic heterocycles. The van der Waals surface area contributed by atoms with Gasteiger partial charge in [-0.05, 0) is 29.8 Å². The number of carbonyl (C=O) groups is 1. The van der Waals surface area contributed by atoms with Crippen molar-refractivity contribution in [1.82, 2.24) is 15.0 Å². The van der Waals surface area contributed by atoms with Crippen LogP contribution in [0, 0.1) is 0 Å². The number of methoxy groups -OCH3 is 4. The van der Waals surface area contributed by atoms with Crippen LogP contribution in [0.5, 0.6) is 28.7 Å². The smallest absolute Gasteiger partial charge is 0.249 e. The van der Waals surface area contributed by atoms with Crippen LogP contribution in [0.1, 0.15) is 11.3 Å². The Balaban J connectivity index is 1.58. The number of carbonyl (C=O) groups excluding carboxylic acids is 1. The lowest BCUT2D eigenvalue weighted by atomic mass is 10.1. The van der Waals surface area contributed by atoms with Crippen LogP contribution in [0.25, 0.3) is 0 Å². The molecule has 1 heterocycles. The highest BCUT2D eigenvalue weighted by Crippen LogP contribution is 2.41. The molecule has 0 radical (unpaired) electrons. The van der Waals surface area contributed by atoms with Gasteiger partial charge in [-0.25, -0.2) is 4.68 Å². The van der Waals surface area contributed by atoms with Crippen LogP contribution in [0.15, 0.2) is 72.9 Å². The Kier molecular flexibility index (Phi) is 8.65. The van der Waals surface area contributed by atoms with Gasteiger partial charge < -0.3 is 28.6 Å². The van der Waals surface area contributed by atoms with Crippen LogP contribution < -0.4 is 28.6 Å². The zero-order valence-corrected chi connectivity index (χ0v) is 21.8. The fourth-order valence-electron chi connectivity index (χ4n) is 3.84. The van der Waals surface area contributed by atoms with Gasteiger partial charge in [-0.15, -0.1) is 5.10 Å². The van der Waals surface area contributed by atoms with Crippen LogP contribution in [0.4, 0.5) is 5.69 Å². The SMILES string of the molecule is COc1ccc(CN(C(=O)Cn2cc(COc3ccccc3)nn2)c2cc(OC)c(OC)c(OC)c2)cc1. The number of hydrogen-bond donors (Lipinski definition) is 0. The van der Waals surface area contributed by atoms with Gasteiger partial charge in [-0.2, -0.15) is 0 Å². The first-order chi connectivity index (χ1) is 18.5. The second-order valence-corrected chi connectivity index (χ2v) is 8.22. The number of benzene rings is 3. The number of aromatic nitrogens is 3. The molecule has 3 aromatic carbocycles. The van der Waals surface area contributed by atoms with Gasteiger partial charge in [-0.3, -0.25) is 4.79 Å². The zero-order valence-electron chi connectivity index (χ0n) is 21.8. The summed E-state index contributed by atoms with van der Waals surface area (Å²) in [5.74, 6) is 2.56. The molecule has 4 aromatic rings. The number of rotatable bonds is 12. The number of para-hydroxylation sites is 1. The van der Waals surface area contributed by atoms with Gasteiger partial charge in [-0.1, -0.05) is 35.5 Å². The van der Waals surface area contributed by atoms with Gasteiger partial charge in [0.25, 0.3) is 0 Å². The minimum absolute atomic E-state index is 0.0366. The lowest BCUT2D eigenvalue weighted by molar-refractivity contribution is -0.119. The van der Waals surface area contributed by atoms with E-state index in [-0.39, 0.29) is 19.1 Å². The Morgan fingerprint density at radius 1 is 0.842 bits per heavy atom. The predicted octanol–water partition coefficient (Wildman–Crippen LogP) is 4.12. The lowest BCUT2D eigenvalue weighted by Crippen LogP contribution is -2.33. The summed E-state index contributed by atoms with van der Waals surface area (Å²) in [5.41, 5.74) is 2.09. The van der Waals surface area contributed by atoms with Crippen molar-refractivity contribution in [2.75, 3.05) is 33.3 Å². The second-order valence-electron chi connectivity index (χ2n) is 8.22. The molecule has 10 heteroatoms. The molecule has 38 heavy (non-hydrogen) atoms. The first-order valence-electron chi connectivity index (χ1n) is 11.8. The van der Waals surface area contributed by atoms with Crippen LogP contribution in [-0.4, -0.2) is 49.3 Å². The molecule has 4 rings (SSSR count). The number of hydrogen-bond acceptors (Lipinski definition) is 8. The Morgan fingerprint density at radius 3 is 2.13 bits per heavy atom. The summed E-state index contributed by atoms with van der Waals surface area (Å²) < 4.78 is 29.0. The van der Waals surface area contributed by atoms with E-state index >= 15 is 0 Å². The maximum Gasteiger partial charge on any atom is 0.249 e. The number of anilines is 1. The first kappa shape index (κ1) is 26.3. The highest BCUT2D eigenvalue weighted by Gasteiger charge is 2.22. The highest BCUT2D eigenvalue weighted by molar-refractivity contribution is 5.94. The van der Waals surface area contributed by atoms with E-state index in [1.54, 1.807) is 30.3 Å². The lowest BCUT2D eigenvalue weighted by Gasteiger charge is -2.25. The van der Waals surface area contributed by atoms with E-state index in [2.05, 4.69) is 10.3 Å². The first-order valence-corrected chi connectivity index (χ1v) is 11.8. The Hall–Kier alpha value is -4.73. The summed E-state index contributed by atoms with van der Waals surface area (Å²) in [5, 5.41) is 8.27. The van der Waals surface area contributed by atoms with Crippen molar-refractivity contribution < 1.29 is 28.5 Å². The van der Waals surface area contributed by atoms with Crippen molar-refractivity contribution >= 4 is 11.6 Å². The van der Waals surface area contributed by atoms with Crippen LogP contribution in [0.2, 0.25) is 0 Å². The highest BCUT2D eigenvalue weighted by atomic mass is 16.5. The Morgan fingerprint density at radius 2 is 1.53 bits per heavy atom.